The van der Waals surface area contributed by atoms with Crippen molar-refractivity contribution in [3.8, 4) is 0 Å². The molecule has 0 fully saturated rings. The van der Waals surface area contributed by atoms with E-state index in [1.165, 1.54) is 0 Å². The molecule has 100 valence electrons. The number of fused-ring (bicyclic) bond motifs is 1. The molecule has 0 saturated heterocycles. The number of nitrogens with zero attached hydrogens (tertiary/aromatic N) is 2. The maximum atomic E-state index is 11.7. The Morgan fingerprint density at radius 2 is 2.05 bits per heavy atom. The molecule has 0 amide bonds. The molecule has 0 spiro atoms. The molecule has 3 rings (SSSR count). The predicted molar refractivity (Wildman–Crippen MR) is 76.6 cm³/mol. The summed E-state index contributed by atoms with van der Waals surface area (Å²) in [6.07, 6.45) is 5.14. The lowest BCUT2D eigenvalue weighted by molar-refractivity contribution is -0.137. The van der Waals surface area contributed by atoms with E-state index in [0.29, 0.717) is 5.56 Å². The van der Waals surface area contributed by atoms with E-state index < -0.39 is 11.9 Å². The number of carboxylic acids is 1. The number of para-hydroxylation sites is 1. The second-order valence-electron chi connectivity index (χ2n) is 4.77. The predicted octanol–water partition coefficient (Wildman–Crippen LogP) is 2.79. The first-order valence-electron chi connectivity index (χ1n) is 6.35. The van der Waals surface area contributed by atoms with Crippen LogP contribution in [0.4, 0.5) is 0 Å². The van der Waals surface area contributed by atoms with Gasteiger partial charge in [-0.25, -0.2) is 0 Å². The minimum Gasteiger partial charge on any atom is -0.481 e. The molecule has 0 saturated carbocycles. The Hall–Kier alpha value is -2.62. The molecule has 0 bridgehead atoms. The van der Waals surface area contributed by atoms with Crippen molar-refractivity contribution in [2.45, 2.75) is 5.92 Å². The highest BCUT2D eigenvalue weighted by Gasteiger charge is 2.25. The molecule has 0 radical (unpaired) electrons. The summed E-state index contributed by atoms with van der Waals surface area (Å²) in [7, 11) is 1.92. The van der Waals surface area contributed by atoms with Gasteiger partial charge in [-0.2, -0.15) is 0 Å². The van der Waals surface area contributed by atoms with Crippen LogP contribution in [0.2, 0.25) is 0 Å². The van der Waals surface area contributed by atoms with Gasteiger partial charge in [-0.05, 0) is 23.3 Å². The van der Waals surface area contributed by atoms with E-state index in [-0.39, 0.29) is 0 Å². The highest BCUT2D eigenvalue weighted by Crippen LogP contribution is 2.31. The Bertz CT molecular complexity index is 763. The SMILES string of the molecule is Cn1cc(C(C(=O)O)c2cccnc2)c2ccccc21. The van der Waals surface area contributed by atoms with Gasteiger partial charge >= 0.3 is 5.97 Å². The molecule has 4 heteroatoms. The number of aryl methyl sites for hydroxylation is 1. The maximum Gasteiger partial charge on any atom is 0.315 e. The Morgan fingerprint density at radius 1 is 1.25 bits per heavy atom. The van der Waals surface area contributed by atoms with Gasteiger partial charge in [0.25, 0.3) is 0 Å². The molecule has 0 aliphatic carbocycles. The van der Waals surface area contributed by atoms with E-state index >= 15 is 0 Å². The molecule has 2 heterocycles. The summed E-state index contributed by atoms with van der Waals surface area (Å²) >= 11 is 0. The van der Waals surface area contributed by atoms with Crippen molar-refractivity contribution in [1.29, 1.82) is 0 Å². The Morgan fingerprint density at radius 3 is 2.75 bits per heavy atom. The van der Waals surface area contributed by atoms with Crippen LogP contribution in [0.5, 0.6) is 0 Å². The van der Waals surface area contributed by atoms with Crippen LogP contribution in [0, 0.1) is 0 Å². The lowest BCUT2D eigenvalue weighted by Crippen LogP contribution is -2.13. The van der Waals surface area contributed by atoms with Gasteiger partial charge in [0.2, 0.25) is 0 Å². The summed E-state index contributed by atoms with van der Waals surface area (Å²) in [6, 6.07) is 11.4. The van der Waals surface area contributed by atoms with Gasteiger partial charge in [0, 0.05) is 36.5 Å². The summed E-state index contributed by atoms with van der Waals surface area (Å²) in [4.78, 5) is 15.7. The third-order valence-electron chi connectivity index (χ3n) is 3.50. The van der Waals surface area contributed by atoms with Crippen molar-refractivity contribution in [1.82, 2.24) is 9.55 Å². The van der Waals surface area contributed by atoms with E-state index in [2.05, 4.69) is 4.98 Å². The van der Waals surface area contributed by atoms with Crippen molar-refractivity contribution in [2.75, 3.05) is 0 Å². The number of carboxylic acid groups (broad SMARTS) is 1. The quantitative estimate of drug-likeness (QED) is 0.793. The van der Waals surface area contributed by atoms with E-state index in [9.17, 15) is 9.90 Å². The van der Waals surface area contributed by atoms with Crippen molar-refractivity contribution >= 4 is 16.9 Å². The van der Waals surface area contributed by atoms with Crippen LogP contribution in [0.1, 0.15) is 17.0 Å². The fraction of sp³-hybridized carbons (Fsp3) is 0.125. The van der Waals surface area contributed by atoms with Gasteiger partial charge in [0.05, 0.1) is 0 Å². The van der Waals surface area contributed by atoms with Gasteiger partial charge < -0.3 is 9.67 Å². The van der Waals surface area contributed by atoms with E-state index in [1.54, 1.807) is 24.5 Å². The number of benzene rings is 1. The van der Waals surface area contributed by atoms with Crippen molar-refractivity contribution in [2.24, 2.45) is 7.05 Å². The molecule has 4 nitrogen and oxygen atoms in total. The normalized spacial score (nSPS) is 12.4. The smallest absolute Gasteiger partial charge is 0.315 e. The lowest BCUT2D eigenvalue weighted by atomic mass is 9.92. The zero-order chi connectivity index (χ0) is 14.1. The minimum atomic E-state index is -0.866. The first-order chi connectivity index (χ1) is 9.68. The zero-order valence-corrected chi connectivity index (χ0v) is 11.0. The fourth-order valence-electron chi connectivity index (χ4n) is 2.60. The van der Waals surface area contributed by atoms with Gasteiger partial charge in [0.1, 0.15) is 5.92 Å². The number of hydrogen-bond donors (Lipinski definition) is 1. The Labute approximate surface area is 116 Å². The second-order valence-corrected chi connectivity index (χ2v) is 4.77. The number of hydrogen-bond acceptors (Lipinski definition) is 2. The number of rotatable bonds is 3. The van der Waals surface area contributed by atoms with Crippen LogP contribution >= 0.6 is 0 Å². The van der Waals surface area contributed by atoms with Crippen LogP contribution in [-0.2, 0) is 11.8 Å². The van der Waals surface area contributed by atoms with Gasteiger partial charge in [-0.3, -0.25) is 9.78 Å². The number of carbonyl (C=O) groups is 1. The Balaban J connectivity index is 2.23. The number of pyridine rings is 1. The van der Waals surface area contributed by atoms with Crippen LogP contribution in [-0.4, -0.2) is 20.6 Å². The summed E-state index contributed by atoms with van der Waals surface area (Å²) in [6.45, 7) is 0. The van der Waals surface area contributed by atoms with E-state index in [4.69, 9.17) is 0 Å². The van der Waals surface area contributed by atoms with E-state index in [0.717, 1.165) is 16.5 Å². The van der Waals surface area contributed by atoms with Crippen LogP contribution in [0.3, 0.4) is 0 Å². The average molecular weight is 266 g/mol. The van der Waals surface area contributed by atoms with Crippen LogP contribution < -0.4 is 0 Å². The monoisotopic (exact) mass is 266 g/mol. The molecular formula is C16H14N2O2. The second kappa shape index (κ2) is 4.81. The third-order valence-corrected chi connectivity index (χ3v) is 3.50. The minimum absolute atomic E-state index is 0.691. The van der Waals surface area contributed by atoms with Gasteiger partial charge in [-0.1, -0.05) is 24.3 Å². The summed E-state index contributed by atoms with van der Waals surface area (Å²) < 4.78 is 1.96. The zero-order valence-electron chi connectivity index (χ0n) is 11.0. The number of aromatic nitrogens is 2. The summed E-state index contributed by atoms with van der Waals surface area (Å²) in [5.74, 6) is -1.57. The summed E-state index contributed by atoms with van der Waals surface area (Å²) in [5, 5.41) is 10.6. The van der Waals surface area contributed by atoms with Crippen molar-refractivity contribution in [3.63, 3.8) is 0 Å². The summed E-state index contributed by atoms with van der Waals surface area (Å²) in [5.41, 5.74) is 2.51. The Kier molecular flexibility index (Phi) is 2.99. The van der Waals surface area contributed by atoms with Crippen LogP contribution in [0.25, 0.3) is 10.9 Å². The molecule has 0 aliphatic heterocycles. The molecule has 1 N–H and O–H groups in total. The first-order valence-corrected chi connectivity index (χ1v) is 6.35. The van der Waals surface area contributed by atoms with Gasteiger partial charge in [0.15, 0.2) is 0 Å². The topological polar surface area (TPSA) is 55.1 Å². The van der Waals surface area contributed by atoms with E-state index in [1.807, 2.05) is 42.1 Å². The first kappa shape index (κ1) is 12.4. The molecule has 20 heavy (non-hydrogen) atoms. The van der Waals surface area contributed by atoms with Crippen LogP contribution in [0.15, 0.2) is 55.0 Å². The molecule has 1 atom stereocenters. The molecule has 0 aliphatic rings. The molecule has 3 aromatic rings. The standard InChI is InChI=1S/C16H14N2O2/c1-18-10-13(12-6-2-3-7-14(12)18)15(16(19)20)11-5-4-8-17-9-11/h2-10,15H,1H3,(H,19,20). The fourth-order valence-corrected chi connectivity index (χ4v) is 2.60. The highest BCUT2D eigenvalue weighted by atomic mass is 16.4. The average Bonchev–Trinajstić information content (AvgIpc) is 2.78. The molecule has 2 aromatic heterocycles. The van der Waals surface area contributed by atoms with Crippen molar-refractivity contribution < 1.29 is 9.90 Å². The highest BCUT2D eigenvalue weighted by molar-refractivity contribution is 5.91. The third kappa shape index (κ3) is 1.95. The largest absolute Gasteiger partial charge is 0.481 e. The maximum absolute atomic E-state index is 11.7. The molecule has 1 aromatic carbocycles. The number of aliphatic carboxylic acids is 1. The van der Waals surface area contributed by atoms with Crippen molar-refractivity contribution in [3.05, 3.63) is 66.1 Å². The van der Waals surface area contributed by atoms with Gasteiger partial charge in [-0.15, -0.1) is 0 Å². The lowest BCUT2D eigenvalue weighted by Gasteiger charge is -2.11. The molecule has 1 unspecified atom stereocenters. The molecular weight excluding hydrogens is 252 g/mol.